The normalized spacial score (nSPS) is 8.50. The molecule has 10 heavy (non-hydrogen) atoms. The standard InChI is InChI=1S/C5H7N3O.ClH/c6-5-2-1-4(3-9)7-8-5;/h1-2,9H,3H2,(H2,6,8);1H. The van der Waals surface area contributed by atoms with Gasteiger partial charge in [0.2, 0.25) is 0 Å². The molecule has 0 atom stereocenters. The highest BCUT2D eigenvalue weighted by Crippen LogP contribution is 1.95. The van der Waals surface area contributed by atoms with E-state index in [1.54, 1.807) is 12.1 Å². The molecule has 0 unspecified atom stereocenters. The Hall–Kier alpha value is -0.870. The van der Waals surface area contributed by atoms with E-state index in [4.69, 9.17) is 10.8 Å². The van der Waals surface area contributed by atoms with Crippen molar-refractivity contribution in [2.24, 2.45) is 0 Å². The Balaban J connectivity index is 0.000000810. The number of hydrogen-bond acceptors (Lipinski definition) is 4. The van der Waals surface area contributed by atoms with Gasteiger partial charge < -0.3 is 10.8 Å². The van der Waals surface area contributed by atoms with Gasteiger partial charge in [-0.05, 0) is 12.1 Å². The van der Waals surface area contributed by atoms with E-state index >= 15 is 0 Å². The maximum absolute atomic E-state index is 8.49. The molecule has 0 aromatic carbocycles. The molecular weight excluding hydrogens is 154 g/mol. The van der Waals surface area contributed by atoms with Crippen molar-refractivity contribution in [3.63, 3.8) is 0 Å². The second-order valence-corrected chi connectivity index (χ2v) is 1.61. The average molecular weight is 162 g/mol. The van der Waals surface area contributed by atoms with Gasteiger partial charge in [-0.15, -0.1) is 17.5 Å². The summed E-state index contributed by atoms with van der Waals surface area (Å²) in [5.74, 6) is 0.368. The van der Waals surface area contributed by atoms with Crippen LogP contribution in [0.15, 0.2) is 12.1 Å². The number of nitrogens with zero attached hydrogens (tertiary/aromatic N) is 2. The third kappa shape index (κ3) is 2.16. The molecule has 0 radical (unpaired) electrons. The molecule has 1 rings (SSSR count). The van der Waals surface area contributed by atoms with E-state index in [9.17, 15) is 0 Å². The third-order valence-corrected chi connectivity index (χ3v) is 0.902. The van der Waals surface area contributed by atoms with Crippen LogP contribution in [-0.2, 0) is 6.61 Å². The second-order valence-electron chi connectivity index (χ2n) is 1.61. The molecule has 0 aliphatic heterocycles. The lowest BCUT2D eigenvalue weighted by atomic mass is 10.4. The molecular formula is C5H8ClN3O. The summed E-state index contributed by atoms with van der Waals surface area (Å²) in [7, 11) is 0. The number of rotatable bonds is 1. The van der Waals surface area contributed by atoms with Crippen molar-refractivity contribution in [3.05, 3.63) is 17.8 Å². The summed E-state index contributed by atoms with van der Waals surface area (Å²) in [6, 6.07) is 3.22. The largest absolute Gasteiger partial charge is 0.390 e. The first-order valence-corrected chi connectivity index (χ1v) is 2.52. The van der Waals surface area contributed by atoms with E-state index in [1.165, 1.54) is 0 Å². The minimum absolute atomic E-state index is 0. The molecule has 0 fully saturated rings. The Morgan fingerprint density at radius 3 is 2.50 bits per heavy atom. The maximum Gasteiger partial charge on any atom is 0.146 e. The molecule has 4 nitrogen and oxygen atoms in total. The fourth-order valence-corrected chi connectivity index (χ4v) is 0.455. The minimum Gasteiger partial charge on any atom is -0.390 e. The lowest BCUT2D eigenvalue weighted by Gasteiger charge is -1.91. The van der Waals surface area contributed by atoms with E-state index in [1.807, 2.05) is 0 Å². The number of aromatic nitrogens is 2. The number of aliphatic hydroxyl groups excluding tert-OH is 1. The predicted octanol–water partition coefficient (Wildman–Crippen LogP) is -0.0271. The van der Waals surface area contributed by atoms with Crippen LogP contribution in [0.3, 0.4) is 0 Å². The quantitative estimate of drug-likeness (QED) is 0.607. The van der Waals surface area contributed by atoms with Gasteiger partial charge in [-0.25, -0.2) is 0 Å². The van der Waals surface area contributed by atoms with Crippen LogP contribution in [0.25, 0.3) is 0 Å². The zero-order valence-corrected chi connectivity index (χ0v) is 6.01. The highest BCUT2D eigenvalue weighted by molar-refractivity contribution is 5.85. The predicted molar refractivity (Wildman–Crippen MR) is 39.6 cm³/mol. The fourth-order valence-electron chi connectivity index (χ4n) is 0.455. The summed E-state index contributed by atoms with van der Waals surface area (Å²) in [4.78, 5) is 0. The summed E-state index contributed by atoms with van der Waals surface area (Å²) in [6.07, 6.45) is 0. The molecule has 0 aliphatic carbocycles. The van der Waals surface area contributed by atoms with Gasteiger partial charge in [-0.3, -0.25) is 0 Å². The van der Waals surface area contributed by atoms with Gasteiger partial charge in [-0.1, -0.05) is 0 Å². The average Bonchev–Trinajstić information content (AvgIpc) is 1.90. The van der Waals surface area contributed by atoms with Crippen molar-refractivity contribution >= 4 is 18.2 Å². The molecule has 1 aromatic heterocycles. The van der Waals surface area contributed by atoms with Gasteiger partial charge in [-0.2, -0.15) is 5.10 Å². The van der Waals surface area contributed by atoms with Crippen molar-refractivity contribution in [1.29, 1.82) is 0 Å². The number of halogens is 1. The first kappa shape index (κ1) is 9.13. The lowest BCUT2D eigenvalue weighted by molar-refractivity contribution is 0.275. The lowest BCUT2D eigenvalue weighted by Crippen LogP contribution is -1.95. The molecule has 0 saturated carbocycles. The van der Waals surface area contributed by atoms with E-state index in [2.05, 4.69) is 10.2 Å². The van der Waals surface area contributed by atoms with Crippen LogP contribution in [0.5, 0.6) is 0 Å². The van der Waals surface area contributed by atoms with E-state index in [0.717, 1.165) is 0 Å². The Labute approximate surface area is 64.5 Å². The summed E-state index contributed by atoms with van der Waals surface area (Å²) < 4.78 is 0. The summed E-state index contributed by atoms with van der Waals surface area (Å²) >= 11 is 0. The Morgan fingerprint density at radius 1 is 1.40 bits per heavy atom. The van der Waals surface area contributed by atoms with Crippen molar-refractivity contribution < 1.29 is 5.11 Å². The van der Waals surface area contributed by atoms with Crippen LogP contribution in [0.4, 0.5) is 5.82 Å². The van der Waals surface area contributed by atoms with Gasteiger partial charge in [0.15, 0.2) is 0 Å². The maximum atomic E-state index is 8.49. The molecule has 0 spiro atoms. The van der Waals surface area contributed by atoms with Crippen LogP contribution in [0, 0.1) is 0 Å². The smallest absolute Gasteiger partial charge is 0.146 e. The Kier molecular flexibility index (Phi) is 3.68. The van der Waals surface area contributed by atoms with Gasteiger partial charge >= 0.3 is 0 Å². The SMILES string of the molecule is Cl.Nc1ccc(CO)nn1. The first-order chi connectivity index (χ1) is 4.33. The van der Waals surface area contributed by atoms with Crippen molar-refractivity contribution in [2.45, 2.75) is 6.61 Å². The topological polar surface area (TPSA) is 72.0 Å². The highest BCUT2D eigenvalue weighted by Gasteiger charge is 1.89. The van der Waals surface area contributed by atoms with Crippen LogP contribution in [0.1, 0.15) is 5.69 Å². The van der Waals surface area contributed by atoms with E-state index < -0.39 is 0 Å². The number of hydrogen-bond donors (Lipinski definition) is 2. The molecule has 0 amide bonds. The molecule has 0 bridgehead atoms. The molecule has 0 aliphatic rings. The van der Waals surface area contributed by atoms with Crippen molar-refractivity contribution in [3.8, 4) is 0 Å². The molecule has 1 aromatic rings. The van der Waals surface area contributed by atoms with Crippen molar-refractivity contribution in [2.75, 3.05) is 5.73 Å². The third-order valence-electron chi connectivity index (χ3n) is 0.902. The number of nitrogen functional groups attached to an aromatic ring is 1. The molecule has 1 heterocycles. The fraction of sp³-hybridized carbons (Fsp3) is 0.200. The van der Waals surface area contributed by atoms with E-state index in [0.29, 0.717) is 11.5 Å². The van der Waals surface area contributed by atoms with Crippen LogP contribution in [0.2, 0.25) is 0 Å². The summed E-state index contributed by atoms with van der Waals surface area (Å²) in [5.41, 5.74) is 5.76. The highest BCUT2D eigenvalue weighted by atomic mass is 35.5. The van der Waals surface area contributed by atoms with Crippen LogP contribution < -0.4 is 5.73 Å². The van der Waals surface area contributed by atoms with Crippen LogP contribution in [-0.4, -0.2) is 15.3 Å². The number of nitrogens with two attached hydrogens (primary N) is 1. The van der Waals surface area contributed by atoms with E-state index in [-0.39, 0.29) is 19.0 Å². The monoisotopic (exact) mass is 161 g/mol. The van der Waals surface area contributed by atoms with Crippen molar-refractivity contribution in [1.82, 2.24) is 10.2 Å². The molecule has 56 valence electrons. The summed E-state index contributed by atoms with van der Waals surface area (Å²) in [6.45, 7) is -0.0900. The molecule has 0 saturated heterocycles. The molecule has 5 heteroatoms. The zero-order chi connectivity index (χ0) is 6.69. The Bertz CT molecular complexity index is 189. The first-order valence-electron chi connectivity index (χ1n) is 2.52. The van der Waals surface area contributed by atoms with Gasteiger partial charge in [0.25, 0.3) is 0 Å². The minimum atomic E-state index is -0.0900. The number of anilines is 1. The Morgan fingerprint density at radius 2 is 2.10 bits per heavy atom. The van der Waals surface area contributed by atoms with Gasteiger partial charge in [0.1, 0.15) is 5.82 Å². The van der Waals surface area contributed by atoms with Gasteiger partial charge in [0.05, 0.1) is 12.3 Å². The van der Waals surface area contributed by atoms with Gasteiger partial charge in [0, 0.05) is 0 Å². The zero-order valence-electron chi connectivity index (χ0n) is 5.19. The molecule has 3 N–H and O–H groups in total. The van der Waals surface area contributed by atoms with Crippen LogP contribution >= 0.6 is 12.4 Å². The number of aliphatic hydroxyl groups is 1. The second kappa shape index (κ2) is 4.03. The summed E-state index contributed by atoms with van der Waals surface area (Å²) in [5, 5.41) is 15.6.